The van der Waals surface area contributed by atoms with Crippen LogP contribution in [0.1, 0.15) is 27.2 Å². The minimum absolute atomic E-state index is 0.277. The highest BCUT2D eigenvalue weighted by Crippen LogP contribution is 2.27. The monoisotopic (exact) mass is 215 g/mol. The fourth-order valence-corrected chi connectivity index (χ4v) is 2.15. The molecular weight excluding hydrogens is 194 g/mol. The molecule has 0 aromatic carbocycles. The fraction of sp³-hybridized carbons (Fsp3) is 0.900. The summed E-state index contributed by atoms with van der Waals surface area (Å²) in [7, 11) is -1.09. The van der Waals surface area contributed by atoms with Gasteiger partial charge in [-0.1, -0.05) is 20.8 Å². The number of hydrogen-bond donors (Lipinski definition) is 0. The highest BCUT2D eigenvalue weighted by molar-refractivity contribution is 6.53. The van der Waals surface area contributed by atoms with Crippen LogP contribution in [0.5, 0.6) is 0 Å². The van der Waals surface area contributed by atoms with E-state index in [1.807, 2.05) is 4.90 Å². The lowest BCUT2D eigenvalue weighted by atomic mass is 10.2. The van der Waals surface area contributed by atoms with Gasteiger partial charge in [0.25, 0.3) is 0 Å². The lowest BCUT2D eigenvalue weighted by Crippen LogP contribution is -2.45. The summed E-state index contributed by atoms with van der Waals surface area (Å²) < 4.78 is 5.81. The maximum atomic E-state index is 11.0. The second kappa shape index (κ2) is 4.44. The van der Waals surface area contributed by atoms with Crippen LogP contribution in [0.15, 0.2) is 0 Å². The van der Waals surface area contributed by atoms with Crippen molar-refractivity contribution in [3.8, 4) is 0 Å². The van der Waals surface area contributed by atoms with Crippen LogP contribution in [0.2, 0.25) is 11.6 Å². The molecule has 3 nitrogen and oxygen atoms in total. The minimum Gasteiger partial charge on any atom is -0.418 e. The Morgan fingerprint density at radius 3 is 2.50 bits per heavy atom. The molecule has 1 saturated heterocycles. The molecule has 0 spiro atoms. The predicted octanol–water partition coefficient (Wildman–Crippen LogP) is 1.39. The zero-order chi connectivity index (χ0) is 10.8. The van der Waals surface area contributed by atoms with E-state index in [9.17, 15) is 4.79 Å². The predicted molar refractivity (Wildman–Crippen MR) is 59.9 cm³/mol. The lowest BCUT2D eigenvalue weighted by molar-refractivity contribution is -0.140. The number of β-lactam (4-membered cyclic amide) rings is 1. The van der Waals surface area contributed by atoms with Crippen molar-refractivity contribution in [3.63, 3.8) is 0 Å². The molecule has 1 rings (SSSR count). The minimum atomic E-state index is -1.09. The Labute approximate surface area is 88.2 Å². The second-order valence-electron chi connectivity index (χ2n) is 5.01. The first-order chi connectivity index (χ1) is 6.41. The van der Waals surface area contributed by atoms with E-state index >= 15 is 0 Å². The first kappa shape index (κ1) is 11.7. The summed E-state index contributed by atoms with van der Waals surface area (Å²) in [5, 5.41) is 0.318. The van der Waals surface area contributed by atoms with Crippen LogP contribution in [0.25, 0.3) is 0 Å². The SMILES string of the molecule is C[SiH](OCCN1CCC1=O)C(C)(C)C. The second-order valence-corrected chi connectivity index (χ2v) is 8.36. The molecule has 0 saturated carbocycles. The summed E-state index contributed by atoms with van der Waals surface area (Å²) in [5.74, 6) is 0.277. The van der Waals surface area contributed by atoms with E-state index in [0.29, 0.717) is 5.04 Å². The van der Waals surface area contributed by atoms with Crippen molar-refractivity contribution in [2.24, 2.45) is 0 Å². The number of carbonyl (C=O) groups is 1. The zero-order valence-electron chi connectivity index (χ0n) is 9.67. The van der Waals surface area contributed by atoms with Gasteiger partial charge in [0.1, 0.15) is 0 Å². The van der Waals surface area contributed by atoms with Crippen LogP contribution in [-0.2, 0) is 9.22 Å². The van der Waals surface area contributed by atoms with Crippen LogP contribution >= 0.6 is 0 Å². The number of rotatable bonds is 4. The molecule has 0 aromatic heterocycles. The first-order valence-electron chi connectivity index (χ1n) is 5.30. The molecule has 0 N–H and O–H groups in total. The molecule has 0 aromatic rings. The highest BCUT2D eigenvalue weighted by Gasteiger charge is 2.25. The van der Waals surface area contributed by atoms with E-state index < -0.39 is 9.04 Å². The maximum Gasteiger partial charge on any atom is 0.224 e. The Morgan fingerprint density at radius 1 is 1.50 bits per heavy atom. The van der Waals surface area contributed by atoms with Gasteiger partial charge in [-0.15, -0.1) is 0 Å². The molecule has 1 amide bonds. The third kappa shape index (κ3) is 3.10. The van der Waals surface area contributed by atoms with Gasteiger partial charge in [0.15, 0.2) is 9.04 Å². The van der Waals surface area contributed by atoms with Crippen molar-refractivity contribution < 1.29 is 9.22 Å². The van der Waals surface area contributed by atoms with E-state index in [4.69, 9.17) is 4.43 Å². The number of hydrogen-bond acceptors (Lipinski definition) is 2. The van der Waals surface area contributed by atoms with Gasteiger partial charge in [-0.3, -0.25) is 4.79 Å². The molecule has 14 heavy (non-hydrogen) atoms. The average Bonchev–Trinajstić information content (AvgIpc) is 2.07. The Morgan fingerprint density at radius 2 is 2.14 bits per heavy atom. The van der Waals surface area contributed by atoms with Crippen LogP contribution in [-0.4, -0.2) is 39.5 Å². The number of carbonyl (C=O) groups excluding carboxylic acids is 1. The van der Waals surface area contributed by atoms with Gasteiger partial charge in [-0.05, 0) is 11.6 Å². The Bertz CT molecular complexity index is 213. The van der Waals surface area contributed by atoms with Gasteiger partial charge in [0.05, 0.1) is 6.61 Å². The van der Waals surface area contributed by atoms with Gasteiger partial charge >= 0.3 is 0 Å². The standard InChI is InChI=1S/C10H21NO2Si/c1-10(2,3)14(4)13-8-7-11-6-5-9(11)12/h14H,5-8H2,1-4H3. The zero-order valence-corrected chi connectivity index (χ0v) is 10.8. The lowest BCUT2D eigenvalue weighted by Gasteiger charge is -2.32. The summed E-state index contributed by atoms with van der Waals surface area (Å²) >= 11 is 0. The average molecular weight is 215 g/mol. The van der Waals surface area contributed by atoms with Gasteiger partial charge in [0.2, 0.25) is 5.91 Å². The van der Waals surface area contributed by atoms with Crippen LogP contribution in [0.3, 0.4) is 0 Å². The van der Waals surface area contributed by atoms with E-state index in [1.165, 1.54) is 0 Å². The third-order valence-electron chi connectivity index (χ3n) is 2.90. The van der Waals surface area contributed by atoms with Crippen molar-refractivity contribution in [3.05, 3.63) is 0 Å². The van der Waals surface area contributed by atoms with Gasteiger partial charge in [-0.25, -0.2) is 0 Å². The number of nitrogens with zero attached hydrogens (tertiary/aromatic N) is 1. The highest BCUT2D eigenvalue weighted by atomic mass is 28.3. The fourth-order valence-electron chi connectivity index (χ4n) is 1.19. The summed E-state index contributed by atoms with van der Waals surface area (Å²) in [6.07, 6.45) is 0.728. The molecule has 1 aliphatic heterocycles. The van der Waals surface area contributed by atoms with Gasteiger partial charge in [0, 0.05) is 19.5 Å². The van der Waals surface area contributed by atoms with E-state index in [1.54, 1.807) is 0 Å². The Kier molecular flexibility index (Phi) is 3.72. The van der Waals surface area contributed by atoms with Crippen LogP contribution < -0.4 is 0 Å². The largest absolute Gasteiger partial charge is 0.418 e. The van der Waals surface area contributed by atoms with Crippen LogP contribution in [0, 0.1) is 0 Å². The number of likely N-dealkylation sites (tertiary alicyclic amines) is 1. The summed E-state index contributed by atoms with van der Waals surface area (Å²) in [6.45, 7) is 11.3. The molecule has 1 fully saturated rings. The molecule has 1 unspecified atom stereocenters. The number of amides is 1. The molecule has 0 bridgehead atoms. The molecule has 1 atom stereocenters. The Hall–Kier alpha value is -0.353. The molecule has 0 radical (unpaired) electrons. The third-order valence-corrected chi connectivity index (χ3v) is 6.07. The van der Waals surface area contributed by atoms with Crippen molar-refractivity contribution in [1.82, 2.24) is 4.90 Å². The summed E-state index contributed by atoms with van der Waals surface area (Å²) in [6, 6.07) is 0. The quantitative estimate of drug-likeness (QED) is 0.524. The van der Waals surface area contributed by atoms with Crippen molar-refractivity contribution in [2.45, 2.75) is 38.8 Å². The van der Waals surface area contributed by atoms with Crippen molar-refractivity contribution in [2.75, 3.05) is 19.7 Å². The van der Waals surface area contributed by atoms with Crippen LogP contribution in [0.4, 0.5) is 0 Å². The molecule has 1 heterocycles. The van der Waals surface area contributed by atoms with E-state index in [0.717, 1.165) is 26.1 Å². The van der Waals surface area contributed by atoms with E-state index in [-0.39, 0.29) is 5.91 Å². The van der Waals surface area contributed by atoms with Crippen molar-refractivity contribution in [1.29, 1.82) is 0 Å². The molecule has 82 valence electrons. The summed E-state index contributed by atoms with van der Waals surface area (Å²) in [4.78, 5) is 12.8. The maximum absolute atomic E-state index is 11.0. The molecule has 1 aliphatic rings. The molecular formula is C10H21NO2Si. The smallest absolute Gasteiger partial charge is 0.224 e. The van der Waals surface area contributed by atoms with E-state index in [2.05, 4.69) is 27.3 Å². The molecule has 4 heteroatoms. The Balaban J connectivity index is 2.12. The van der Waals surface area contributed by atoms with Gasteiger partial charge in [-0.2, -0.15) is 0 Å². The normalized spacial score (nSPS) is 19.4. The topological polar surface area (TPSA) is 29.5 Å². The van der Waals surface area contributed by atoms with Crippen molar-refractivity contribution >= 4 is 14.9 Å². The molecule has 0 aliphatic carbocycles. The van der Waals surface area contributed by atoms with Gasteiger partial charge < -0.3 is 9.33 Å². The summed E-state index contributed by atoms with van der Waals surface area (Å²) in [5.41, 5.74) is 0. The first-order valence-corrected chi connectivity index (χ1v) is 7.51.